The fraction of sp³-hybridized carbons (Fsp3) is 0.714. The van der Waals surface area contributed by atoms with Crippen molar-refractivity contribution in [3.63, 3.8) is 0 Å². The topological polar surface area (TPSA) is 37.4 Å². The average molecular weight is 332 g/mol. The molecule has 3 nitrogen and oxygen atoms in total. The monoisotopic (exact) mass is 331 g/mol. The van der Waals surface area contributed by atoms with Crippen molar-refractivity contribution in [1.82, 2.24) is 4.31 Å². The summed E-state index contributed by atoms with van der Waals surface area (Å²) in [6.07, 6.45) is 7.15. The molecule has 3 heterocycles. The number of hydrogen-bond acceptors (Lipinski definition) is 4. The van der Waals surface area contributed by atoms with Gasteiger partial charge in [0.05, 0.1) is 0 Å². The molecule has 0 aliphatic carbocycles. The van der Waals surface area contributed by atoms with E-state index in [1.165, 1.54) is 11.3 Å². The highest BCUT2D eigenvalue weighted by Crippen LogP contribution is 2.43. The predicted octanol–water partition coefficient (Wildman–Crippen LogP) is 3.36. The van der Waals surface area contributed by atoms with Crippen LogP contribution in [0.4, 0.5) is 0 Å². The first-order chi connectivity index (χ1) is 9.56. The van der Waals surface area contributed by atoms with Gasteiger partial charge in [0.1, 0.15) is 4.21 Å². The second-order valence-corrected chi connectivity index (χ2v) is 10.00. The first-order valence-corrected chi connectivity index (χ1v) is 10.8. The Bertz CT molecular complexity index is 567. The molecule has 0 saturated carbocycles. The Hall–Kier alpha value is -0.0400. The molecule has 0 radical (unpaired) electrons. The minimum absolute atomic E-state index is 0.225. The fourth-order valence-corrected chi connectivity index (χ4v) is 7.58. The van der Waals surface area contributed by atoms with Crippen molar-refractivity contribution in [1.29, 1.82) is 0 Å². The van der Waals surface area contributed by atoms with E-state index in [0.717, 1.165) is 37.0 Å². The van der Waals surface area contributed by atoms with E-state index in [1.54, 1.807) is 6.07 Å². The van der Waals surface area contributed by atoms with Crippen molar-refractivity contribution in [2.75, 3.05) is 6.26 Å². The van der Waals surface area contributed by atoms with Gasteiger partial charge in [0.15, 0.2) is 0 Å². The minimum atomic E-state index is -3.28. The Morgan fingerprint density at radius 1 is 1.30 bits per heavy atom. The number of hydrogen-bond donors (Lipinski definition) is 0. The molecule has 20 heavy (non-hydrogen) atoms. The van der Waals surface area contributed by atoms with E-state index in [9.17, 15) is 8.42 Å². The summed E-state index contributed by atoms with van der Waals surface area (Å²) in [6.45, 7) is 2.07. The van der Waals surface area contributed by atoms with Crippen molar-refractivity contribution in [2.45, 2.75) is 60.6 Å². The van der Waals surface area contributed by atoms with Gasteiger partial charge in [0.2, 0.25) is 0 Å². The van der Waals surface area contributed by atoms with Crippen LogP contribution in [0.1, 0.15) is 37.5 Å². The molecule has 2 aliphatic heterocycles. The maximum atomic E-state index is 12.9. The third-order valence-electron chi connectivity index (χ3n) is 4.47. The Morgan fingerprint density at radius 2 is 1.95 bits per heavy atom. The van der Waals surface area contributed by atoms with E-state index in [-0.39, 0.29) is 12.1 Å². The van der Waals surface area contributed by atoms with Crippen LogP contribution in [0.25, 0.3) is 0 Å². The first-order valence-electron chi connectivity index (χ1n) is 7.21. The molecule has 2 saturated heterocycles. The van der Waals surface area contributed by atoms with Gasteiger partial charge in [-0.15, -0.1) is 11.3 Å². The third kappa shape index (κ3) is 2.45. The number of thioether (sulfide) groups is 1. The number of thiophene rings is 1. The fourth-order valence-electron chi connectivity index (χ4n) is 3.46. The Labute approximate surface area is 129 Å². The lowest BCUT2D eigenvalue weighted by atomic mass is 10.1. The predicted molar refractivity (Wildman–Crippen MR) is 86.1 cm³/mol. The molecule has 112 valence electrons. The number of fused-ring (bicyclic) bond motifs is 2. The molecule has 2 fully saturated rings. The largest absolute Gasteiger partial charge is 0.253 e. The molecular formula is C14H21NO2S3. The maximum Gasteiger partial charge on any atom is 0.253 e. The van der Waals surface area contributed by atoms with Crippen molar-refractivity contribution in [2.24, 2.45) is 0 Å². The molecule has 6 heteroatoms. The molecular weight excluding hydrogens is 310 g/mol. The Kier molecular flexibility index (Phi) is 4.19. The highest BCUT2D eigenvalue weighted by Gasteiger charge is 2.47. The second kappa shape index (κ2) is 5.63. The third-order valence-corrected chi connectivity index (χ3v) is 9.23. The van der Waals surface area contributed by atoms with E-state index < -0.39 is 10.0 Å². The van der Waals surface area contributed by atoms with Crippen LogP contribution in [0.5, 0.6) is 0 Å². The van der Waals surface area contributed by atoms with Gasteiger partial charge in [-0.1, -0.05) is 6.92 Å². The van der Waals surface area contributed by atoms with Crippen LogP contribution in [0, 0.1) is 0 Å². The molecule has 1 aromatic rings. The van der Waals surface area contributed by atoms with Crippen molar-refractivity contribution >= 4 is 33.1 Å². The molecule has 0 spiro atoms. The zero-order valence-electron chi connectivity index (χ0n) is 11.9. The molecule has 2 unspecified atom stereocenters. The quantitative estimate of drug-likeness (QED) is 0.849. The lowest BCUT2D eigenvalue weighted by Crippen LogP contribution is -2.46. The number of piperidine rings is 1. The highest BCUT2D eigenvalue weighted by molar-refractivity contribution is 7.99. The zero-order valence-corrected chi connectivity index (χ0v) is 14.4. The van der Waals surface area contributed by atoms with E-state index in [2.05, 4.69) is 13.2 Å². The van der Waals surface area contributed by atoms with Crippen molar-refractivity contribution in [3.8, 4) is 0 Å². The molecule has 0 aromatic carbocycles. The summed E-state index contributed by atoms with van der Waals surface area (Å²) in [5, 5.41) is 0.633. The molecule has 2 aliphatic rings. The van der Waals surface area contributed by atoms with Crippen LogP contribution in [-0.2, 0) is 16.4 Å². The van der Waals surface area contributed by atoms with E-state index in [1.807, 2.05) is 22.1 Å². The highest BCUT2D eigenvalue weighted by atomic mass is 32.2. The van der Waals surface area contributed by atoms with Crippen LogP contribution in [-0.4, -0.2) is 36.3 Å². The first kappa shape index (κ1) is 14.9. The van der Waals surface area contributed by atoms with E-state index in [4.69, 9.17) is 0 Å². The van der Waals surface area contributed by atoms with Gasteiger partial charge < -0.3 is 0 Å². The van der Waals surface area contributed by atoms with Gasteiger partial charge >= 0.3 is 0 Å². The smallest absolute Gasteiger partial charge is 0.206 e. The van der Waals surface area contributed by atoms with Crippen LogP contribution in [0.15, 0.2) is 16.3 Å². The number of aryl methyl sites for hydroxylation is 1. The SMILES string of the molecule is CCc1ccc(S(=O)(=O)N2C3CCC2CC(SC)C3)s1. The number of rotatable bonds is 4. The summed E-state index contributed by atoms with van der Waals surface area (Å²) in [6, 6.07) is 4.19. The van der Waals surface area contributed by atoms with Gasteiger partial charge in [-0.3, -0.25) is 0 Å². The summed E-state index contributed by atoms with van der Waals surface area (Å²) < 4.78 is 28.2. The lowest BCUT2D eigenvalue weighted by Gasteiger charge is -2.36. The van der Waals surface area contributed by atoms with Crippen LogP contribution < -0.4 is 0 Å². The number of sulfonamides is 1. The van der Waals surface area contributed by atoms with Gasteiger partial charge in [-0.2, -0.15) is 16.1 Å². The van der Waals surface area contributed by atoms with E-state index >= 15 is 0 Å². The summed E-state index contributed by atoms with van der Waals surface area (Å²) in [5.41, 5.74) is 0. The van der Waals surface area contributed by atoms with Gasteiger partial charge in [-0.25, -0.2) is 8.42 Å². The molecule has 0 amide bonds. The summed E-state index contributed by atoms with van der Waals surface area (Å²) >= 11 is 3.33. The van der Waals surface area contributed by atoms with Gasteiger partial charge in [0, 0.05) is 22.2 Å². The van der Waals surface area contributed by atoms with Crippen LogP contribution in [0.3, 0.4) is 0 Å². The van der Waals surface area contributed by atoms with Crippen LogP contribution in [0.2, 0.25) is 0 Å². The summed E-state index contributed by atoms with van der Waals surface area (Å²) in [7, 11) is -3.28. The minimum Gasteiger partial charge on any atom is -0.206 e. The molecule has 1 aromatic heterocycles. The van der Waals surface area contributed by atoms with Gasteiger partial charge in [-0.05, 0) is 50.5 Å². The lowest BCUT2D eigenvalue weighted by molar-refractivity contribution is 0.254. The molecule has 2 bridgehead atoms. The zero-order chi connectivity index (χ0) is 14.3. The maximum absolute atomic E-state index is 12.9. The standard InChI is InChI=1S/C14H21NO2S3/c1-3-12-6-7-14(19-12)20(16,17)15-10-4-5-11(15)9-13(8-10)18-2/h6-7,10-11,13H,3-5,8-9H2,1-2H3. The van der Waals surface area contributed by atoms with Crippen LogP contribution >= 0.6 is 23.1 Å². The molecule has 2 atom stereocenters. The Morgan fingerprint density at radius 3 is 2.45 bits per heavy atom. The molecule has 0 N–H and O–H groups in total. The van der Waals surface area contributed by atoms with E-state index in [0.29, 0.717) is 9.46 Å². The average Bonchev–Trinajstić information content (AvgIpc) is 3.02. The summed E-state index contributed by atoms with van der Waals surface area (Å²) in [4.78, 5) is 1.15. The van der Waals surface area contributed by atoms with Crippen molar-refractivity contribution < 1.29 is 8.42 Å². The summed E-state index contributed by atoms with van der Waals surface area (Å²) in [5.74, 6) is 0. The Balaban J connectivity index is 1.89. The molecule has 3 rings (SSSR count). The number of nitrogens with zero attached hydrogens (tertiary/aromatic N) is 1. The normalized spacial score (nSPS) is 30.8. The van der Waals surface area contributed by atoms with Crippen molar-refractivity contribution in [3.05, 3.63) is 17.0 Å². The second-order valence-electron chi connectivity index (χ2n) is 5.62. The van der Waals surface area contributed by atoms with Gasteiger partial charge in [0.25, 0.3) is 10.0 Å².